The number of hydrogen-bond donors (Lipinski definition) is 2. The first-order valence-corrected chi connectivity index (χ1v) is 9.35. The van der Waals surface area contributed by atoms with Crippen molar-refractivity contribution in [3.8, 4) is 5.75 Å². The number of methoxy groups -OCH3 is 1. The second-order valence-electron chi connectivity index (χ2n) is 6.12. The van der Waals surface area contributed by atoms with Crippen LogP contribution in [0.1, 0.15) is 27.8 Å². The fraction of sp³-hybridized carbons (Fsp3) is 0.333. The van der Waals surface area contributed by atoms with Crippen molar-refractivity contribution in [2.45, 2.75) is 38.4 Å². The van der Waals surface area contributed by atoms with Crippen LogP contribution in [0.2, 0.25) is 0 Å². The van der Waals surface area contributed by atoms with Crippen molar-refractivity contribution in [1.82, 2.24) is 10.0 Å². The van der Waals surface area contributed by atoms with Crippen LogP contribution >= 0.6 is 0 Å². The Hall–Kier alpha value is -1.89. The zero-order valence-electron chi connectivity index (χ0n) is 14.1. The molecule has 0 aromatic heterocycles. The molecule has 3 rings (SSSR count). The Balaban J connectivity index is 1.79. The average molecular weight is 346 g/mol. The van der Waals surface area contributed by atoms with Gasteiger partial charge < -0.3 is 10.1 Å². The molecule has 0 aliphatic carbocycles. The maximum absolute atomic E-state index is 12.6. The van der Waals surface area contributed by atoms with Gasteiger partial charge in [0, 0.05) is 19.6 Å². The minimum Gasteiger partial charge on any atom is -0.496 e. The fourth-order valence-corrected chi connectivity index (χ4v) is 4.29. The van der Waals surface area contributed by atoms with E-state index in [1.54, 1.807) is 19.2 Å². The van der Waals surface area contributed by atoms with Crippen molar-refractivity contribution in [3.63, 3.8) is 0 Å². The average Bonchev–Trinajstić information content (AvgIpc) is 3.00. The van der Waals surface area contributed by atoms with Crippen molar-refractivity contribution >= 4 is 10.0 Å². The molecule has 1 heterocycles. The first kappa shape index (κ1) is 17.0. The third-order valence-electron chi connectivity index (χ3n) is 4.32. The van der Waals surface area contributed by atoms with Gasteiger partial charge in [-0.05, 0) is 53.8 Å². The molecule has 0 saturated heterocycles. The number of rotatable bonds is 5. The second-order valence-corrected chi connectivity index (χ2v) is 7.89. The molecular weight excluding hydrogens is 324 g/mol. The van der Waals surface area contributed by atoms with Crippen LogP contribution in [0.15, 0.2) is 35.2 Å². The fourth-order valence-electron chi connectivity index (χ4n) is 3.11. The van der Waals surface area contributed by atoms with E-state index in [9.17, 15) is 8.42 Å². The van der Waals surface area contributed by atoms with E-state index < -0.39 is 10.0 Å². The molecule has 24 heavy (non-hydrogen) atoms. The van der Waals surface area contributed by atoms with Gasteiger partial charge in [0.25, 0.3) is 0 Å². The molecule has 128 valence electrons. The van der Waals surface area contributed by atoms with E-state index in [1.165, 1.54) is 11.1 Å². The quantitative estimate of drug-likeness (QED) is 0.872. The Kier molecular flexibility index (Phi) is 4.62. The molecule has 0 fully saturated rings. The van der Waals surface area contributed by atoms with E-state index >= 15 is 0 Å². The lowest BCUT2D eigenvalue weighted by Gasteiger charge is -2.13. The van der Waals surface area contributed by atoms with Gasteiger partial charge in [0.15, 0.2) is 0 Å². The van der Waals surface area contributed by atoms with E-state index in [4.69, 9.17) is 4.74 Å². The maximum atomic E-state index is 12.6. The maximum Gasteiger partial charge on any atom is 0.240 e. The smallest absolute Gasteiger partial charge is 0.240 e. The minimum absolute atomic E-state index is 0.265. The number of nitrogens with one attached hydrogen (secondary N) is 2. The molecule has 2 N–H and O–H groups in total. The predicted octanol–water partition coefficient (Wildman–Crippen LogP) is 2.39. The van der Waals surface area contributed by atoms with Gasteiger partial charge in [-0.3, -0.25) is 0 Å². The molecule has 0 radical (unpaired) electrons. The highest BCUT2D eigenvalue weighted by molar-refractivity contribution is 7.89. The van der Waals surface area contributed by atoms with Crippen LogP contribution < -0.4 is 14.8 Å². The van der Waals surface area contributed by atoms with Crippen LogP contribution in [-0.2, 0) is 29.7 Å². The summed E-state index contributed by atoms with van der Waals surface area (Å²) in [5, 5.41) is 3.29. The molecule has 2 aromatic carbocycles. The van der Waals surface area contributed by atoms with E-state index in [0.29, 0.717) is 0 Å². The van der Waals surface area contributed by atoms with Gasteiger partial charge in [0.1, 0.15) is 5.75 Å². The highest BCUT2D eigenvalue weighted by Crippen LogP contribution is 2.26. The number of ether oxygens (including phenoxy) is 1. The third-order valence-corrected chi connectivity index (χ3v) is 5.70. The van der Waals surface area contributed by atoms with Crippen molar-refractivity contribution in [2.75, 3.05) is 7.11 Å². The van der Waals surface area contributed by atoms with Gasteiger partial charge in [-0.25, -0.2) is 13.1 Å². The number of benzene rings is 2. The van der Waals surface area contributed by atoms with Crippen molar-refractivity contribution < 1.29 is 13.2 Å². The summed E-state index contributed by atoms with van der Waals surface area (Å²) in [6.45, 7) is 5.69. The summed E-state index contributed by atoms with van der Waals surface area (Å²) in [5.41, 5.74) is 5.09. The molecule has 0 unspecified atom stereocenters. The lowest BCUT2D eigenvalue weighted by molar-refractivity contribution is 0.408. The summed E-state index contributed by atoms with van der Waals surface area (Å²) >= 11 is 0. The standard InChI is InChI=1S/C18H22N2O3S/c1-12-6-17(7-13(2)18(12)23-3)24(21,22)20-9-14-4-5-15-10-19-11-16(15)8-14/h4-8,19-20H,9-11H2,1-3H3. The number of fused-ring (bicyclic) bond motifs is 1. The van der Waals surface area contributed by atoms with E-state index in [-0.39, 0.29) is 11.4 Å². The zero-order chi connectivity index (χ0) is 17.3. The van der Waals surface area contributed by atoms with Gasteiger partial charge in [-0.15, -0.1) is 0 Å². The highest BCUT2D eigenvalue weighted by Gasteiger charge is 2.18. The van der Waals surface area contributed by atoms with Crippen molar-refractivity contribution in [2.24, 2.45) is 0 Å². The number of sulfonamides is 1. The molecule has 1 aliphatic rings. The van der Waals surface area contributed by atoms with Crippen LogP contribution in [0.25, 0.3) is 0 Å². The summed E-state index contributed by atoms with van der Waals surface area (Å²) in [4.78, 5) is 0.265. The van der Waals surface area contributed by atoms with E-state index in [1.807, 2.05) is 19.9 Å². The Labute approximate surface area is 143 Å². The van der Waals surface area contributed by atoms with Crippen molar-refractivity contribution in [3.05, 3.63) is 58.1 Å². The Morgan fingerprint density at radius 3 is 2.42 bits per heavy atom. The van der Waals surface area contributed by atoms with Crippen LogP contribution in [0.3, 0.4) is 0 Å². The molecule has 0 saturated carbocycles. The van der Waals surface area contributed by atoms with Crippen LogP contribution in [0.4, 0.5) is 0 Å². The molecule has 5 nitrogen and oxygen atoms in total. The molecule has 1 aliphatic heterocycles. The van der Waals surface area contributed by atoms with Gasteiger partial charge in [0.2, 0.25) is 10.0 Å². The summed E-state index contributed by atoms with van der Waals surface area (Å²) in [6.07, 6.45) is 0. The molecule has 0 spiro atoms. The Morgan fingerprint density at radius 2 is 1.75 bits per heavy atom. The van der Waals surface area contributed by atoms with Crippen LogP contribution in [0, 0.1) is 13.8 Å². The zero-order valence-corrected chi connectivity index (χ0v) is 15.0. The molecule has 0 amide bonds. The molecule has 2 aromatic rings. The first-order chi connectivity index (χ1) is 11.4. The normalized spacial score (nSPS) is 13.8. The number of hydrogen-bond acceptors (Lipinski definition) is 4. The largest absolute Gasteiger partial charge is 0.496 e. The van der Waals surface area contributed by atoms with Gasteiger partial charge >= 0.3 is 0 Å². The summed E-state index contributed by atoms with van der Waals surface area (Å²) in [5.74, 6) is 0.722. The first-order valence-electron chi connectivity index (χ1n) is 7.87. The Bertz CT molecular complexity index is 853. The van der Waals surface area contributed by atoms with Gasteiger partial charge in [0.05, 0.1) is 12.0 Å². The molecule has 6 heteroatoms. The molecular formula is C18H22N2O3S. The lowest BCUT2D eigenvalue weighted by atomic mass is 10.1. The predicted molar refractivity (Wildman–Crippen MR) is 93.5 cm³/mol. The van der Waals surface area contributed by atoms with Gasteiger partial charge in [-0.2, -0.15) is 0 Å². The number of aryl methyl sites for hydroxylation is 2. The summed E-state index contributed by atoms with van der Waals surface area (Å²) in [7, 11) is -1.98. The third kappa shape index (κ3) is 3.31. The minimum atomic E-state index is -3.56. The second kappa shape index (κ2) is 6.55. The molecule has 0 bridgehead atoms. The Morgan fingerprint density at radius 1 is 1.08 bits per heavy atom. The lowest BCUT2D eigenvalue weighted by Crippen LogP contribution is -2.23. The van der Waals surface area contributed by atoms with Gasteiger partial charge in [-0.1, -0.05) is 18.2 Å². The molecule has 0 atom stereocenters. The van der Waals surface area contributed by atoms with Crippen molar-refractivity contribution in [1.29, 1.82) is 0 Å². The monoisotopic (exact) mass is 346 g/mol. The SMILES string of the molecule is COc1c(C)cc(S(=O)(=O)NCc2ccc3c(c2)CNC3)cc1C. The summed E-state index contributed by atoms with van der Waals surface area (Å²) < 4.78 is 33.1. The van der Waals surface area contributed by atoms with E-state index in [0.717, 1.165) is 35.5 Å². The van der Waals surface area contributed by atoms with E-state index in [2.05, 4.69) is 22.2 Å². The summed E-state index contributed by atoms with van der Waals surface area (Å²) in [6, 6.07) is 9.36. The topological polar surface area (TPSA) is 67.4 Å². The highest BCUT2D eigenvalue weighted by atomic mass is 32.2. The van der Waals surface area contributed by atoms with Crippen LogP contribution in [0.5, 0.6) is 5.75 Å². The van der Waals surface area contributed by atoms with Crippen LogP contribution in [-0.4, -0.2) is 15.5 Å².